The minimum atomic E-state index is -3.40. The van der Waals surface area contributed by atoms with Gasteiger partial charge in [-0.15, -0.1) is 11.3 Å². The second kappa shape index (κ2) is 5.90. The highest BCUT2D eigenvalue weighted by Crippen LogP contribution is 2.28. The van der Waals surface area contributed by atoms with Gasteiger partial charge in [0.2, 0.25) is 0 Å². The van der Waals surface area contributed by atoms with Crippen molar-refractivity contribution in [3.8, 4) is 0 Å². The highest BCUT2D eigenvalue weighted by molar-refractivity contribution is 7.91. The molecule has 0 atom stereocenters. The van der Waals surface area contributed by atoms with Crippen LogP contribution in [0.2, 0.25) is 4.34 Å². The topological polar surface area (TPSA) is 66.6 Å². The van der Waals surface area contributed by atoms with Crippen LogP contribution in [0, 0.1) is 0 Å². The van der Waals surface area contributed by atoms with E-state index in [2.05, 4.69) is 4.90 Å². The second-order valence-electron chi connectivity index (χ2n) is 5.73. The van der Waals surface area contributed by atoms with Crippen molar-refractivity contribution in [1.82, 2.24) is 9.21 Å². The van der Waals surface area contributed by atoms with Gasteiger partial charge in [-0.25, -0.2) is 8.42 Å². The van der Waals surface area contributed by atoms with Gasteiger partial charge in [-0.2, -0.15) is 4.31 Å². The lowest BCUT2D eigenvalue weighted by molar-refractivity contribution is 0.162. The van der Waals surface area contributed by atoms with E-state index in [1.54, 1.807) is 12.1 Å². The first-order valence-corrected chi connectivity index (χ1v) is 9.09. The lowest BCUT2D eigenvalue weighted by Gasteiger charge is -2.36. The van der Waals surface area contributed by atoms with Crippen LogP contribution in [0.5, 0.6) is 0 Å². The zero-order chi connectivity index (χ0) is 15.0. The van der Waals surface area contributed by atoms with Gasteiger partial charge in [0.05, 0.1) is 4.34 Å². The summed E-state index contributed by atoms with van der Waals surface area (Å²) in [4.78, 5) is 2.20. The van der Waals surface area contributed by atoms with Crippen LogP contribution in [0.3, 0.4) is 0 Å². The Labute approximate surface area is 129 Å². The molecule has 0 unspecified atom stereocenters. The Morgan fingerprint density at radius 2 is 1.90 bits per heavy atom. The van der Waals surface area contributed by atoms with Crippen LogP contribution in [0.15, 0.2) is 16.3 Å². The fourth-order valence-electron chi connectivity index (χ4n) is 2.27. The zero-order valence-corrected chi connectivity index (χ0v) is 14.1. The standard InChI is InChI=1S/C12H20ClN3O2S2/c1-12(2,14)9-15-5-7-16(8-6-15)20(17,18)11-4-3-10(13)19-11/h3-4H,5-9,14H2,1-2H3. The summed E-state index contributed by atoms with van der Waals surface area (Å²) >= 11 is 6.92. The van der Waals surface area contributed by atoms with E-state index in [-0.39, 0.29) is 5.54 Å². The molecular weight excluding hydrogens is 318 g/mol. The predicted octanol–water partition coefficient (Wildman–Crippen LogP) is 1.45. The van der Waals surface area contributed by atoms with Gasteiger partial charge in [-0.3, -0.25) is 4.90 Å². The molecule has 0 radical (unpaired) electrons. The molecule has 2 rings (SSSR count). The number of halogens is 1. The Morgan fingerprint density at radius 1 is 1.30 bits per heavy atom. The van der Waals surface area contributed by atoms with Crippen molar-refractivity contribution in [2.45, 2.75) is 23.6 Å². The Hall–Kier alpha value is -0.180. The molecule has 1 aromatic rings. The average Bonchev–Trinajstić information content (AvgIpc) is 2.75. The molecule has 20 heavy (non-hydrogen) atoms. The maximum atomic E-state index is 12.4. The van der Waals surface area contributed by atoms with E-state index in [1.807, 2.05) is 13.8 Å². The summed E-state index contributed by atoms with van der Waals surface area (Å²) in [6, 6.07) is 3.18. The smallest absolute Gasteiger partial charge is 0.252 e. The second-order valence-corrected chi connectivity index (χ2v) is 9.61. The summed E-state index contributed by atoms with van der Waals surface area (Å²) in [6.07, 6.45) is 0. The largest absolute Gasteiger partial charge is 0.324 e. The first-order valence-electron chi connectivity index (χ1n) is 6.45. The summed E-state index contributed by atoms with van der Waals surface area (Å²) in [6.45, 7) is 7.12. The molecule has 1 fully saturated rings. The highest BCUT2D eigenvalue weighted by Gasteiger charge is 2.30. The molecule has 1 saturated heterocycles. The lowest BCUT2D eigenvalue weighted by atomic mass is 10.1. The van der Waals surface area contributed by atoms with Crippen molar-refractivity contribution in [1.29, 1.82) is 0 Å². The SMILES string of the molecule is CC(C)(N)CN1CCN(S(=O)(=O)c2ccc(Cl)s2)CC1. The van der Waals surface area contributed by atoms with Gasteiger partial charge >= 0.3 is 0 Å². The molecule has 5 nitrogen and oxygen atoms in total. The van der Waals surface area contributed by atoms with Gasteiger partial charge in [-0.1, -0.05) is 11.6 Å². The monoisotopic (exact) mass is 337 g/mol. The van der Waals surface area contributed by atoms with Crippen LogP contribution < -0.4 is 5.73 Å². The summed E-state index contributed by atoms with van der Waals surface area (Å²) in [5.74, 6) is 0. The number of thiophene rings is 1. The van der Waals surface area contributed by atoms with Crippen molar-refractivity contribution in [3.05, 3.63) is 16.5 Å². The molecule has 0 bridgehead atoms. The number of hydrogen-bond donors (Lipinski definition) is 1. The molecule has 1 aliphatic rings. The maximum Gasteiger partial charge on any atom is 0.252 e. The molecule has 0 aliphatic carbocycles. The van der Waals surface area contributed by atoms with Crippen LogP contribution in [0.4, 0.5) is 0 Å². The van der Waals surface area contributed by atoms with Crippen LogP contribution in [-0.4, -0.2) is 55.9 Å². The summed E-state index contributed by atoms with van der Waals surface area (Å²) in [5.41, 5.74) is 5.73. The molecule has 0 aromatic carbocycles. The molecule has 2 N–H and O–H groups in total. The van der Waals surface area contributed by atoms with Crippen LogP contribution in [0.1, 0.15) is 13.8 Å². The third-order valence-corrected chi connectivity index (χ3v) is 6.70. The quantitative estimate of drug-likeness (QED) is 0.903. The number of rotatable bonds is 4. The van der Waals surface area contributed by atoms with Crippen LogP contribution >= 0.6 is 22.9 Å². The summed E-state index contributed by atoms with van der Waals surface area (Å²) in [7, 11) is -3.40. The van der Waals surface area contributed by atoms with E-state index in [4.69, 9.17) is 17.3 Å². The van der Waals surface area contributed by atoms with Crippen LogP contribution in [-0.2, 0) is 10.0 Å². The number of sulfonamides is 1. The van der Waals surface area contributed by atoms with Gasteiger partial charge in [0, 0.05) is 38.3 Å². The minimum Gasteiger partial charge on any atom is -0.324 e. The molecule has 1 aliphatic heterocycles. The first-order chi connectivity index (χ1) is 9.18. The van der Waals surface area contributed by atoms with E-state index < -0.39 is 10.0 Å². The van der Waals surface area contributed by atoms with Gasteiger partial charge < -0.3 is 5.73 Å². The number of nitrogens with two attached hydrogens (primary N) is 1. The van der Waals surface area contributed by atoms with Crippen molar-refractivity contribution in [2.75, 3.05) is 32.7 Å². The number of hydrogen-bond acceptors (Lipinski definition) is 5. The highest BCUT2D eigenvalue weighted by atomic mass is 35.5. The van der Waals surface area contributed by atoms with Gasteiger partial charge in [0.1, 0.15) is 4.21 Å². The molecule has 0 saturated carbocycles. The van der Waals surface area contributed by atoms with E-state index in [9.17, 15) is 8.42 Å². The van der Waals surface area contributed by atoms with E-state index in [0.717, 1.165) is 17.9 Å². The fraction of sp³-hybridized carbons (Fsp3) is 0.667. The predicted molar refractivity (Wildman–Crippen MR) is 82.8 cm³/mol. The third kappa shape index (κ3) is 3.93. The minimum absolute atomic E-state index is 0.262. The third-order valence-electron chi connectivity index (χ3n) is 3.11. The van der Waals surface area contributed by atoms with Crippen molar-refractivity contribution < 1.29 is 8.42 Å². The number of piperazine rings is 1. The molecule has 1 aromatic heterocycles. The average molecular weight is 338 g/mol. The van der Waals surface area contributed by atoms with E-state index in [0.29, 0.717) is 34.7 Å². The van der Waals surface area contributed by atoms with Crippen molar-refractivity contribution in [2.24, 2.45) is 5.73 Å². The molecule has 2 heterocycles. The van der Waals surface area contributed by atoms with Gasteiger partial charge in [0.15, 0.2) is 0 Å². The lowest BCUT2D eigenvalue weighted by Crippen LogP contribution is -2.53. The fourth-order valence-corrected chi connectivity index (χ4v) is 5.33. The van der Waals surface area contributed by atoms with E-state index in [1.165, 1.54) is 4.31 Å². The number of nitrogens with zero attached hydrogens (tertiary/aromatic N) is 2. The Kier molecular flexibility index (Phi) is 4.78. The Bertz CT molecular complexity index is 558. The van der Waals surface area contributed by atoms with Crippen LogP contribution in [0.25, 0.3) is 0 Å². The molecule has 0 spiro atoms. The normalized spacial score (nSPS) is 19.4. The summed E-state index contributed by atoms with van der Waals surface area (Å²) < 4.78 is 27.2. The van der Waals surface area contributed by atoms with Crippen molar-refractivity contribution in [3.63, 3.8) is 0 Å². The van der Waals surface area contributed by atoms with E-state index >= 15 is 0 Å². The first kappa shape index (κ1) is 16.2. The van der Waals surface area contributed by atoms with Crippen molar-refractivity contribution >= 4 is 33.0 Å². The molecule has 114 valence electrons. The molecule has 8 heteroatoms. The van der Waals surface area contributed by atoms with Gasteiger partial charge in [-0.05, 0) is 26.0 Å². The molecular formula is C12H20ClN3O2S2. The Balaban J connectivity index is 2.00. The maximum absolute atomic E-state index is 12.4. The summed E-state index contributed by atoms with van der Waals surface area (Å²) in [5, 5.41) is 0. The molecule has 0 amide bonds. The zero-order valence-electron chi connectivity index (χ0n) is 11.7. The van der Waals surface area contributed by atoms with Gasteiger partial charge in [0.25, 0.3) is 10.0 Å². The Morgan fingerprint density at radius 3 is 2.35 bits per heavy atom.